The molecule has 1 aromatic heterocycles. The fraction of sp³-hybridized carbons (Fsp3) is 0.583. The molecule has 0 spiro atoms. The zero-order chi connectivity index (χ0) is 18.8. The van der Waals surface area contributed by atoms with E-state index in [-0.39, 0.29) is 0 Å². The molecule has 4 heteroatoms. The molecule has 1 aromatic carbocycles. The highest BCUT2D eigenvalue weighted by molar-refractivity contribution is 5.21. The third-order valence-electron chi connectivity index (χ3n) is 6.72. The Morgan fingerprint density at radius 2 is 1.71 bits per heavy atom. The first-order valence-corrected chi connectivity index (χ1v) is 11.1. The van der Waals surface area contributed by atoms with Crippen LogP contribution in [0.5, 0.6) is 0 Å². The van der Waals surface area contributed by atoms with Crippen molar-refractivity contribution in [1.29, 1.82) is 0 Å². The van der Waals surface area contributed by atoms with Gasteiger partial charge in [0.1, 0.15) is 5.82 Å². The van der Waals surface area contributed by atoms with Crippen molar-refractivity contribution in [2.24, 2.45) is 11.8 Å². The predicted octanol–water partition coefficient (Wildman–Crippen LogP) is 3.70. The van der Waals surface area contributed by atoms with E-state index in [4.69, 9.17) is 4.98 Å². The van der Waals surface area contributed by atoms with Crippen LogP contribution in [0.1, 0.15) is 48.3 Å². The Morgan fingerprint density at radius 3 is 2.50 bits per heavy atom. The Kier molecular flexibility index (Phi) is 5.41. The fourth-order valence-corrected chi connectivity index (χ4v) is 4.77. The van der Waals surface area contributed by atoms with Gasteiger partial charge in [-0.3, -0.25) is 9.80 Å². The summed E-state index contributed by atoms with van der Waals surface area (Å²) in [5, 5.41) is 0. The minimum absolute atomic E-state index is 0.835. The summed E-state index contributed by atoms with van der Waals surface area (Å²) >= 11 is 0. The van der Waals surface area contributed by atoms with Crippen LogP contribution in [0.4, 0.5) is 0 Å². The normalized spacial score (nSPS) is 21.6. The fourth-order valence-electron chi connectivity index (χ4n) is 4.77. The van der Waals surface area contributed by atoms with E-state index in [9.17, 15) is 0 Å². The van der Waals surface area contributed by atoms with Crippen LogP contribution in [0.15, 0.2) is 36.5 Å². The highest BCUT2D eigenvalue weighted by Gasteiger charge is 2.26. The Balaban J connectivity index is 1.12. The second-order valence-corrected chi connectivity index (χ2v) is 9.10. The standard InChI is InChI=1S/C24H32N4/c1-2-4-20(5-3-1)16-27-11-8-21(9-12-27)17-28-13-10-22-15-25-24(14-19-6-7-19)26-23(22)18-28/h1-5,15,19,21H,6-14,16-18H2. The first-order valence-electron chi connectivity index (χ1n) is 11.1. The summed E-state index contributed by atoms with van der Waals surface area (Å²) in [6.07, 6.45) is 9.71. The van der Waals surface area contributed by atoms with Gasteiger partial charge in [0, 0.05) is 38.8 Å². The van der Waals surface area contributed by atoms with Crippen LogP contribution in [0.2, 0.25) is 0 Å². The first-order chi connectivity index (χ1) is 13.8. The summed E-state index contributed by atoms with van der Waals surface area (Å²) in [7, 11) is 0. The van der Waals surface area contributed by atoms with Crippen molar-refractivity contribution in [3.05, 3.63) is 59.2 Å². The molecule has 3 aliphatic rings. The second-order valence-electron chi connectivity index (χ2n) is 9.10. The van der Waals surface area contributed by atoms with Crippen LogP contribution in [0.3, 0.4) is 0 Å². The molecule has 0 atom stereocenters. The highest BCUT2D eigenvalue weighted by Crippen LogP contribution is 2.32. The van der Waals surface area contributed by atoms with Gasteiger partial charge >= 0.3 is 0 Å². The van der Waals surface area contributed by atoms with Gasteiger partial charge in [-0.2, -0.15) is 0 Å². The Morgan fingerprint density at radius 1 is 0.893 bits per heavy atom. The van der Waals surface area contributed by atoms with Crippen molar-refractivity contribution in [2.75, 3.05) is 26.2 Å². The summed E-state index contributed by atoms with van der Waals surface area (Å²) in [5.41, 5.74) is 4.13. The van der Waals surface area contributed by atoms with Crippen molar-refractivity contribution in [2.45, 2.75) is 51.6 Å². The molecule has 2 aliphatic heterocycles. The number of hydrogen-bond acceptors (Lipinski definition) is 4. The third kappa shape index (κ3) is 4.61. The van der Waals surface area contributed by atoms with Crippen LogP contribution in [0, 0.1) is 11.8 Å². The van der Waals surface area contributed by atoms with E-state index in [1.54, 1.807) is 0 Å². The van der Waals surface area contributed by atoms with Crippen LogP contribution in [-0.4, -0.2) is 45.9 Å². The smallest absolute Gasteiger partial charge is 0.128 e. The SMILES string of the molecule is c1ccc(CN2CCC(CN3CCc4cnc(CC5CC5)nc4C3)CC2)cc1. The summed E-state index contributed by atoms with van der Waals surface area (Å²) in [5.74, 6) is 2.78. The lowest BCUT2D eigenvalue weighted by molar-refractivity contribution is 0.131. The van der Waals surface area contributed by atoms with Gasteiger partial charge in [-0.1, -0.05) is 30.3 Å². The van der Waals surface area contributed by atoms with Gasteiger partial charge in [0.2, 0.25) is 0 Å². The maximum absolute atomic E-state index is 4.93. The molecule has 0 N–H and O–H groups in total. The predicted molar refractivity (Wildman–Crippen MR) is 112 cm³/mol. The number of piperidine rings is 1. The summed E-state index contributed by atoms with van der Waals surface area (Å²) in [6, 6.07) is 10.9. The Hall–Kier alpha value is -1.78. The van der Waals surface area contributed by atoms with E-state index in [1.165, 1.54) is 68.7 Å². The Bertz CT molecular complexity index is 778. The molecule has 2 aromatic rings. The maximum Gasteiger partial charge on any atom is 0.128 e. The monoisotopic (exact) mass is 376 g/mol. The first kappa shape index (κ1) is 18.3. The molecule has 0 unspecified atom stereocenters. The number of fused-ring (bicyclic) bond motifs is 1. The molecule has 1 saturated carbocycles. The van der Waals surface area contributed by atoms with Gasteiger partial charge in [0.15, 0.2) is 0 Å². The van der Waals surface area contributed by atoms with Crippen molar-refractivity contribution in [1.82, 2.24) is 19.8 Å². The number of likely N-dealkylation sites (tertiary alicyclic amines) is 1. The molecule has 0 amide bonds. The van der Waals surface area contributed by atoms with Crippen LogP contribution >= 0.6 is 0 Å². The zero-order valence-electron chi connectivity index (χ0n) is 16.9. The van der Waals surface area contributed by atoms with E-state index in [1.807, 2.05) is 0 Å². The lowest BCUT2D eigenvalue weighted by atomic mass is 9.94. The average Bonchev–Trinajstić information content (AvgIpc) is 3.54. The van der Waals surface area contributed by atoms with Crippen molar-refractivity contribution < 1.29 is 0 Å². The lowest BCUT2D eigenvalue weighted by Gasteiger charge is -2.36. The van der Waals surface area contributed by atoms with Crippen molar-refractivity contribution >= 4 is 0 Å². The Labute approximate surface area is 169 Å². The average molecular weight is 377 g/mol. The minimum Gasteiger partial charge on any atom is -0.299 e. The minimum atomic E-state index is 0.835. The van der Waals surface area contributed by atoms with Crippen LogP contribution < -0.4 is 0 Å². The molecule has 3 heterocycles. The molecule has 4 nitrogen and oxygen atoms in total. The van der Waals surface area contributed by atoms with E-state index in [0.29, 0.717) is 0 Å². The van der Waals surface area contributed by atoms with Crippen molar-refractivity contribution in [3.63, 3.8) is 0 Å². The molecule has 28 heavy (non-hydrogen) atoms. The van der Waals surface area contributed by atoms with Gasteiger partial charge in [0.25, 0.3) is 0 Å². The number of hydrogen-bond donors (Lipinski definition) is 0. The molecule has 1 aliphatic carbocycles. The van der Waals surface area contributed by atoms with Crippen LogP contribution in [-0.2, 0) is 25.9 Å². The number of benzene rings is 1. The molecular weight excluding hydrogens is 344 g/mol. The second kappa shape index (κ2) is 8.30. The van der Waals surface area contributed by atoms with Crippen molar-refractivity contribution in [3.8, 4) is 0 Å². The largest absolute Gasteiger partial charge is 0.299 e. The van der Waals surface area contributed by atoms with E-state index < -0.39 is 0 Å². The molecule has 0 bridgehead atoms. The number of nitrogens with zero attached hydrogens (tertiary/aromatic N) is 4. The summed E-state index contributed by atoms with van der Waals surface area (Å²) in [4.78, 5) is 14.8. The lowest BCUT2D eigenvalue weighted by Crippen LogP contribution is -2.40. The van der Waals surface area contributed by atoms with Gasteiger partial charge in [-0.25, -0.2) is 9.97 Å². The molecule has 2 fully saturated rings. The summed E-state index contributed by atoms with van der Waals surface area (Å²) in [6.45, 7) is 7.00. The molecular formula is C24H32N4. The molecule has 148 valence electrons. The maximum atomic E-state index is 4.93. The van der Waals surface area contributed by atoms with Gasteiger partial charge in [-0.15, -0.1) is 0 Å². The molecule has 5 rings (SSSR count). The van der Waals surface area contributed by atoms with E-state index in [0.717, 1.165) is 43.6 Å². The van der Waals surface area contributed by atoms with Gasteiger partial charge in [-0.05, 0) is 68.2 Å². The quantitative estimate of drug-likeness (QED) is 0.769. The van der Waals surface area contributed by atoms with E-state index >= 15 is 0 Å². The summed E-state index contributed by atoms with van der Waals surface area (Å²) < 4.78 is 0. The zero-order valence-corrected chi connectivity index (χ0v) is 16.9. The van der Waals surface area contributed by atoms with E-state index in [2.05, 4.69) is 51.3 Å². The van der Waals surface area contributed by atoms with Gasteiger partial charge in [0.05, 0.1) is 5.69 Å². The third-order valence-corrected chi connectivity index (χ3v) is 6.72. The molecule has 0 radical (unpaired) electrons. The number of rotatable bonds is 6. The van der Waals surface area contributed by atoms with Crippen LogP contribution in [0.25, 0.3) is 0 Å². The van der Waals surface area contributed by atoms with Gasteiger partial charge < -0.3 is 0 Å². The highest BCUT2D eigenvalue weighted by atomic mass is 15.2. The molecule has 1 saturated heterocycles. The topological polar surface area (TPSA) is 32.3 Å². The number of aromatic nitrogens is 2.